The molecule has 2 rings (SSSR count). The van der Waals surface area contributed by atoms with Crippen LogP contribution in [0, 0.1) is 0 Å². The molecule has 1 aliphatic rings. The highest BCUT2D eigenvalue weighted by Gasteiger charge is 2.24. The van der Waals surface area contributed by atoms with Gasteiger partial charge in [-0.2, -0.15) is 0 Å². The number of nitrogens with zero attached hydrogens (tertiary/aromatic N) is 1. The molecule has 0 bridgehead atoms. The lowest BCUT2D eigenvalue weighted by molar-refractivity contribution is -0.0786. The van der Waals surface area contributed by atoms with Crippen LogP contribution in [0.15, 0.2) is 24.3 Å². The van der Waals surface area contributed by atoms with Gasteiger partial charge in [0.2, 0.25) is 0 Å². The third kappa shape index (κ3) is 5.79. The van der Waals surface area contributed by atoms with E-state index in [1.54, 1.807) is 0 Å². The van der Waals surface area contributed by atoms with Gasteiger partial charge >= 0.3 is 0 Å². The Balaban J connectivity index is 1.79. The fourth-order valence-corrected chi connectivity index (χ4v) is 3.03. The Kier molecular flexibility index (Phi) is 6.06. The van der Waals surface area contributed by atoms with Crippen molar-refractivity contribution in [3.8, 4) is 5.75 Å². The van der Waals surface area contributed by atoms with Crippen LogP contribution in [0.3, 0.4) is 0 Å². The van der Waals surface area contributed by atoms with E-state index in [4.69, 9.17) is 9.47 Å². The van der Waals surface area contributed by atoms with Crippen molar-refractivity contribution in [1.29, 1.82) is 0 Å². The highest BCUT2D eigenvalue weighted by Crippen LogP contribution is 2.24. The molecule has 0 radical (unpaired) electrons. The van der Waals surface area contributed by atoms with Gasteiger partial charge in [0, 0.05) is 19.6 Å². The van der Waals surface area contributed by atoms with E-state index in [1.165, 1.54) is 5.56 Å². The van der Waals surface area contributed by atoms with Gasteiger partial charge in [-0.25, -0.2) is 0 Å². The molecule has 0 aromatic heterocycles. The molecule has 1 fully saturated rings. The zero-order chi connectivity index (χ0) is 17.0. The first kappa shape index (κ1) is 18.2. The second kappa shape index (κ2) is 7.65. The molecule has 23 heavy (non-hydrogen) atoms. The number of rotatable bonds is 5. The average molecular weight is 321 g/mol. The summed E-state index contributed by atoms with van der Waals surface area (Å²) in [6.45, 7) is 13.4. The Labute approximate surface area is 140 Å². The maximum absolute atomic E-state index is 10.2. The minimum absolute atomic E-state index is 0.141. The molecule has 0 amide bonds. The summed E-state index contributed by atoms with van der Waals surface area (Å²) >= 11 is 0. The van der Waals surface area contributed by atoms with Gasteiger partial charge in [0.15, 0.2) is 0 Å². The predicted molar refractivity (Wildman–Crippen MR) is 93.1 cm³/mol. The molecule has 3 atom stereocenters. The zero-order valence-electron chi connectivity index (χ0n) is 15.1. The molecule has 0 saturated carbocycles. The lowest BCUT2D eigenvalue weighted by Gasteiger charge is -2.36. The molecule has 1 aliphatic heterocycles. The maximum Gasteiger partial charge on any atom is 0.119 e. The van der Waals surface area contributed by atoms with Crippen LogP contribution in [0.4, 0.5) is 0 Å². The number of benzene rings is 1. The number of morpholine rings is 1. The normalized spacial score (nSPS) is 24.4. The van der Waals surface area contributed by atoms with Crippen LogP contribution in [0.25, 0.3) is 0 Å². The third-order valence-corrected chi connectivity index (χ3v) is 4.13. The monoisotopic (exact) mass is 321 g/mol. The van der Waals surface area contributed by atoms with E-state index in [0.717, 1.165) is 18.8 Å². The Morgan fingerprint density at radius 2 is 1.74 bits per heavy atom. The molecule has 1 N–H and O–H groups in total. The second-order valence-corrected chi connectivity index (χ2v) is 7.72. The first-order chi connectivity index (χ1) is 10.7. The van der Waals surface area contributed by atoms with Crippen molar-refractivity contribution in [1.82, 2.24) is 4.90 Å². The first-order valence-electron chi connectivity index (χ1n) is 8.53. The molecule has 0 aliphatic carbocycles. The molecular formula is C19H31NO3. The largest absolute Gasteiger partial charge is 0.491 e. The van der Waals surface area contributed by atoms with Gasteiger partial charge in [0.25, 0.3) is 0 Å². The number of hydrogen-bond donors (Lipinski definition) is 1. The van der Waals surface area contributed by atoms with Crippen LogP contribution in [-0.4, -0.2) is 54.6 Å². The van der Waals surface area contributed by atoms with Crippen molar-refractivity contribution in [2.24, 2.45) is 0 Å². The van der Waals surface area contributed by atoms with E-state index in [2.05, 4.69) is 51.7 Å². The summed E-state index contributed by atoms with van der Waals surface area (Å²) in [4.78, 5) is 2.25. The molecule has 0 unspecified atom stereocenters. The summed E-state index contributed by atoms with van der Waals surface area (Å²) < 4.78 is 11.4. The lowest BCUT2D eigenvalue weighted by atomic mass is 9.87. The summed E-state index contributed by atoms with van der Waals surface area (Å²) in [6.07, 6.45) is -0.0524. The summed E-state index contributed by atoms with van der Waals surface area (Å²) in [6, 6.07) is 8.14. The number of aliphatic hydroxyl groups excluding tert-OH is 1. The van der Waals surface area contributed by atoms with Crippen molar-refractivity contribution < 1.29 is 14.6 Å². The van der Waals surface area contributed by atoms with Crippen LogP contribution in [0.5, 0.6) is 5.75 Å². The third-order valence-electron chi connectivity index (χ3n) is 4.13. The standard InChI is InChI=1S/C19H31NO3/c1-14-10-20(11-15(2)23-14)12-17(21)13-22-18-8-6-16(7-9-18)19(3,4)5/h6-9,14-15,17,21H,10-13H2,1-5H3/t14-,15-,17+/m1/s1. The average Bonchev–Trinajstić information content (AvgIpc) is 2.43. The molecule has 1 aromatic rings. The molecular weight excluding hydrogens is 290 g/mol. The van der Waals surface area contributed by atoms with E-state index in [0.29, 0.717) is 13.2 Å². The van der Waals surface area contributed by atoms with Crippen molar-refractivity contribution in [2.45, 2.75) is 58.3 Å². The highest BCUT2D eigenvalue weighted by molar-refractivity contribution is 5.31. The van der Waals surface area contributed by atoms with Gasteiger partial charge in [-0.3, -0.25) is 4.90 Å². The summed E-state index contributed by atoms with van der Waals surface area (Å²) in [5.74, 6) is 0.806. The van der Waals surface area contributed by atoms with Crippen molar-refractivity contribution in [2.75, 3.05) is 26.2 Å². The van der Waals surface area contributed by atoms with Crippen LogP contribution in [-0.2, 0) is 10.2 Å². The van der Waals surface area contributed by atoms with Crippen molar-refractivity contribution in [3.05, 3.63) is 29.8 Å². The van der Waals surface area contributed by atoms with Crippen LogP contribution >= 0.6 is 0 Å². The fourth-order valence-electron chi connectivity index (χ4n) is 3.03. The SMILES string of the molecule is C[C@@H]1CN(C[C@H](O)COc2ccc(C(C)(C)C)cc2)C[C@@H](C)O1. The molecule has 0 spiro atoms. The highest BCUT2D eigenvalue weighted by atomic mass is 16.5. The Morgan fingerprint density at radius 3 is 2.26 bits per heavy atom. The number of aliphatic hydroxyl groups is 1. The van der Waals surface area contributed by atoms with Gasteiger partial charge in [-0.05, 0) is 37.0 Å². The second-order valence-electron chi connectivity index (χ2n) is 7.72. The number of hydrogen-bond acceptors (Lipinski definition) is 4. The quantitative estimate of drug-likeness (QED) is 0.905. The summed E-state index contributed by atoms with van der Waals surface area (Å²) in [5.41, 5.74) is 1.42. The van der Waals surface area contributed by atoms with E-state index in [1.807, 2.05) is 12.1 Å². The van der Waals surface area contributed by atoms with Crippen molar-refractivity contribution >= 4 is 0 Å². The first-order valence-corrected chi connectivity index (χ1v) is 8.53. The van der Waals surface area contributed by atoms with Gasteiger partial charge in [-0.1, -0.05) is 32.9 Å². The van der Waals surface area contributed by atoms with Gasteiger partial charge in [0.05, 0.1) is 12.2 Å². The maximum atomic E-state index is 10.2. The summed E-state index contributed by atoms with van der Waals surface area (Å²) in [5, 5.41) is 10.2. The van der Waals surface area contributed by atoms with Gasteiger partial charge < -0.3 is 14.6 Å². The molecule has 1 heterocycles. The fraction of sp³-hybridized carbons (Fsp3) is 0.684. The van der Waals surface area contributed by atoms with Gasteiger partial charge in [0.1, 0.15) is 18.5 Å². The Morgan fingerprint density at radius 1 is 1.17 bits per heavy atom. The molecule has 1 saturated heterocycles. The Bertz CT molecular complexity index is 470. The Hall–Kier alpha value is -1.10. The number of β-amino-alcohol motifs (C(OH)–C–C–N with tert-alkyl or cyclic N) is 1. The zero-order valence-corrected chi connectivity index (χ0v) is 15.1. The molecule has 4 nitrogen and oxygen atoms in total. The van der Waals surface area contributed by atoms with Crippen molar-refractivity contribution in [3.63, 3.8) is 0 Å². The van der Waals surface area contributed by atoms with E-state index in [-0.39, 0.29) is 17.6 Å². The van der Waals surface area contributed by atoms with E-state index < -0.39 is 6.10 Å². The number of ether oxygens (including phenoxy) is 2. The van der Waals surface area contributed by atoms with Crippen LogP contribution < -0.4 is 4.74 Å². The van der Waals surface area contributed by atoms with E-state index in [9.17, 15) is 5.11 Å². The molecule has 4 heteroatoms. The minimum Gasteiger partial charge on any atom is -0.491 e. The smallest absolute Gasteiger partial charge is 0.119 e. The van der Waals surface area contributed by atoms with Gasteiger partial charge in [-0.15, -0.1) is 0 Å². The summed E-state index contributed by atoms with van der Waals surface area (Å²) in [7, 11) is 0. The predicted octanol–water partition coefficient (Wildman–Crippen LogP) is 2.83. The topological polar surface area (TPSA) is 41.9 Å². The van der Waals surface area contributed by atoms with Crippen LogP contribution in [0.2, 0.25) is 0 Å². The lowest BCUT2D eigenvalue weighted by Crippen LogP contribution is -2.48. The molecule has 130 valence electrons. The van der Waals surface area contributed by atoms with Crippen LogP contribution in [0.1, 0.15) is 40.2 Å². The van der Waals surface area contributed by atoms with E-state index >= 15 is 0 Å². The molecule has 1 aromatic carbocycles. The minimum atomic E-state index is -0.491.